The number of piperidine rings is 1. The number of aromatic nitrogens is 2. The lowest BCUT2D eigenvalue weighted by molar-refractivity contribution is -0.114. The lowest BCUT2D eigenvalue weighted by atomic mass is 9.90. The van der Waals surface area contributed by atoms with Gasteiger partial charge in [0.05, 0.1) is 21.7 Å². The maximum atomic E-state index is 13.2. The van der Waals surface area contributed by atoms with Gasteiger partial charge in [0.25, 0.3) is 5.91 Å². The molecule has 2 aromatic heterocycles. The molecule has 4 heterocycles. The fourth-order valence-electron chi connectivity index (χ4n) is 5.27. The Morgan fingerprint density at radius 3 is 2.31 bits per heavy atom. The molecule has 1 N–H and O–H groups in total. The maximum Gasteiger partial charge on any atom is 0.257 e. The van der Waals surface area contributed by atoms with Gasteiger partial charge in [0.2, 0.25) is 15.9 Å². The summed E-state index contributed by atoms with van der Waals surface area (Å²) in [5.74, 6) is 0.0422. The number of carbonyl (C=O) groups excluding carboxylic acids is 2. The summed E-state index contributed by atoms with van der Waals surface area (Å²) >= 11 is 0. The van der Waals surface area contributed by atoms with Gasteiger partial charge >= 0.3 is 0 Å². The van der Waals surface area contributed by atoms with Crippen LogP contribution in [0, 0.1) is 6.92 Å². The summed E-state index contributed by atoms with van der Waals surface area (Å²) in [7, 11) is -3.62. The molecule has 2 aliphatic rings. The third kappa shape index (κ3) is 4.62. The van der Waals surface area contributed by atoms with Crippen molar-refractivity contribution in [1.82, 2.24) is 18.8 Å². The zero-order valence-electron chi connectivity index (χ0n) is 20.6. The highest BCUT2D eigenvalue weighted by Crippen LogP contribution is 2.32. The maximum absolute atomic E-state index is 13.2. The predicted molar refractivity (Wildman–Crippen MR) is 137 cm³/mol. The molecule has 10 heteroatoms. The molecule has 1 aromatic carbocycles. The summed E-state index contributed by atoms with van der Waals surface area (Å²) in [6.45, 7) is 5.71. The summed E-state index contributed by atoms with van der Waals surface area (Å²) < 4.78 is 29.6. The minimum atomic E-state index is -3.62. The van der Waals surface area contributed by atoms with Gasteiger partial charge in [-0.1, -0.05) is 0 Å². The number of rotatable bonds is 5. The number of carbonyl (C=O) groups is 2. The molecular formula is C26H31N5O4S. The van der Waals surface area contributed by atoms with Crippen molar-refractivity contribution in [3.05, 3.63) is 59.4 Å². The zero-order valence-corrected chi connectivity index (χ0v) is 21.4. The van der Waals surface area contributed by atoms with E-state index in [1.165, 1.54) is 23.4 Å². The highest BCUT2D eigenvalue weighted by Gasteiger charge is 2.31. The number of sulfonamides is 1. The second-order valence-electron chi connectivity index (χ2n) is 9.63. The van der Waals surface area contributed by atoms with E-state index in [0.29, 0.717) is 37.2 Å². The van der Waals surface area contributed by atoms with E-state index < -0.39 is 10.0 Å². The first-order chi connectivity index (χ1) is 17.2. The molecule has 9 nitrogen and oxygen atoms in total. The van der Waals surface area contributed by atoms with Gasteiger partial charge in [-0.3, -0.25) is 9.59 Å². The molecule has 190 valence electrons. The zero-order chi connectivity index (χ0) is 25.4. The molecular weight excluding hydrogens is 478 g/mol. The number of likely N-dealkylation sites (tertiary alicyclic amines) is 1. The number of aryl methyl sites for hydroxylation is 1. The number of amides is 2. The van der Waals surface area contributed by atoms with E-state index in [0.717, 1.165) is 42.7 Å². The Kier molecular flexibility index (Phi) is 6.57. The van der Waals surface area contributed by atoms with Crippen LogP contribution in [-0.4, -0.2) is 65.2 Å². The van der Waals surface area contributed by atoms with Gasteiger partial charge in [0.15, 0.2) is 0 Å². The van der Waals surface area contributed by atoms with Crippen molar-refractivity contribution in [3.8, 4) is 0 Å². The van der Waals surface area contributed by atoms with Crippen molar-refractivity contribution in [1.29, 1.82) is 0 Å². The molecule has 0 aliphatic carbocycles. The Morgan fingerprint density at radius 2 is 1.67 bits per heavy atom. The molecule has 0 unspecified atom stereocenters. The minimum absolute atomic E-state index is 0.0441. The van der Waals surface area contributed by atoms with Gasteiger partial charge < -0.3 is 10.2 Å². The Bertz CT molecular complexity index is 1400. The summed E-state index contributed by atoms with van der Waals surface area (Å²) in [5, 5.41) is 7.20. The first kappa shape index (κ1) is 24.5. The molecule has 36 heavy (non-hydrogen) atoms. The lowest BCUT2D eigenvalue weighted by Crippen LogP contribution is -2.37. The number of pyridine rings is 1. The van der Waals surface area contributed by atoms with E-state index in [2.05, 4.69) is 16.5 Å². The lowest BCUT2D eigenvalue weighted by Gasteiger charge is -2.31. The Labute approximate surface area is 211 Å². The fraction of sp³-hybridized carbons (Fsp3) is 0.423. The smallest absolute Gasteiger partial charge is 0.257 e. The molecule has 2 saturated heterocycles. The van der Waals surface area contributed by atoms with E-state index in [1.54, 1.807) is 16.6 Å². The normalized spacial score (nSPS) is 17.6. The van der Waals surface area contributed by atoms with Crippen LogP contribution < -0.4 is 5.32 Å². The quantitative estimate of drug-likeness (QED) is 0.568. The van der Waals surface area contributed by atoms with Gasteiger partial charge in [-0.2, -0.15) is 9.40 Å². The van der Waals surface area contributed by atoms with E-state index in [9.17, 15) is 18.0 Å². The van der Waals surface area contributed by atoms with Gasteiger partial charge in [0.1, 0.15) is 0 Å². The number of fused-ring (bicyclic) bond motifs is 1. The topological polar surface area (TPSA) is 104 Å². The van der Waals surface area contributed by atoms with Crippen LogP contribution in [0.5, 0.6) is 0 Å². The number of nitrogens with one attached hydrogen (secondary N) is 1. The number of hydrogen-bond acceptors (Lipinski definition) is 5. The number of benzene rings is 1. The van der Waals surface area contributed by atoms with Crippen molar-refractivity contribution in [2.75, 3.05) is 31.5 Å². The van der Waals surface area contributed by atoms with Crippen LogP contribution >= 0.6 is 0 Å². The van der Waals surface area contributed by atoms with Crippen LogP contribution in [0.15, 0.2) is 47.5 Å². The summed E-state index contributed by atoms with van der Waals surface area (Å²) in [4.78, 5) is 26.5. The van der Waals surface area contributed by atoms with Crippen molar-refractivity contribution < 1.29 is 18.0 Å². The average Bonchev–Trinajstić information content (AvgIpc) is 3.51. The van der Waals surface area contributed by atoms with E-state index in [-0.39, 0.29) is 22.6 Å². The predicted octanol–water partition coefficient (Wildman–Crippen LogP) is 3.41. The molecule has 0 spiro atoms. The van der Waals surface area contributed by atoms with E-state index in [4.69, 9.17) is 0 Å². The Balaban J connectivity index is 1.31. The highest BCUT2D eigenvalue weighted by atomic mass is 32.2. The van der Waals surface area contributed by atoms with Gasteiger partial charge in [-0.05, 0) is 80.5 Å². The van der Waals surface area contributed by atoms with Crippen LogP contribution in [-0.2, 0) is 14.8 Å². The summed E-state index contributed by atoms with van der Waals surface area (Å²) in [6.07, 6.45) is 5.37. The number of anilines is 1. The fourth-order valence-corrected chi connectivity index (χ4v) is 6.74. The van der Waals surface area contributed by atoms with E-state index >= 15 is 0 Å². The largest absolute Gasteiger partial charge is 0.339 e. The molecule has 0 saturated carbocycles. The molecule has 2 aliphatic heterocycles. The number of hydrogen-bond donors (Lipinski definition) is 1. The van der Waals surface area contributed by atoms with Gasteiger partial charge in [-0.25, -0.2) is 12.9 Å². The Morgan fingerprint density at radius 1 is 1.00 bits per heavy atom. The molecule has 5 rings (SSSR count). The molecule has 0 atom stereocenters. The second kappa shape index (κ2) is 9.67. The van der Waals surface area contributed by atoms with Gasteiger partial charge in [0, 0.05) is 45.0 Å². The molecule has 2 fully saturated rings. The Hall–Kier alpha value is -3.24. The monoisotopic (exact) mass is 509 g/mol. The second-order valence-corrected chi connectivity index (χ2v) is 11.6. The van der Waals surface area contributed by atoms with Crippen LogP contribution in [0.4, 0.5) is 5.69 Å². The summed E-state index contributed by atoms with van der Waals surface area (Å²) in [6, 6.07) is 10.3. The highest BCUT2D eigenvalue weighted by molar-refractivity contribution is 7.89. The third-order valence-electron chi connectivity index (χ3n) is 7.18. The van der Waals surface area contributed by atoms with Gasteiger partial charge in [-0.15, -0.1) is 0 Å². The minimum Gasteiger partial charge on any atom is -0.339 e. The van der Waals surface area contributed by atoms with Crippen LogP contribution in [0.25, 0.3) is 5.52 Å². The average molecular weight is 510 g/mol. The molecule has 0 radical (unpaired) electrons. The molecule has 2 amide bonds. The third-order valence-corrected chi connectivity index (χ3v) is 9.09. The first-order valence-corrected chi connectivity index (χ1v) is 13.8. The molecule has 0 bridgehead atoms. The van der Waals surface area contributed by atoms with Crippen LogP contribution in [0.1, 0.15) is 60.1 Å². The van der Waals surface area contributed by atoms with Crippen molar-refractivity contribution in [2.24, 2.45) is 0 Å². The van der Waals surface area contributed by atoms with Crippen molar-refractivity contribution in [3.63, 3.8) is 0 Å². The van der Waals surface area contributed by atoms with Crippen molar-refractivity contribution >= 4 is 33.0 Å². The first-order valence-electron chi connectivity index (χ1n) is 12.4. The van der Waals surface area contributed by atoms with Crippen molar-refractivity contribution in [2.45, 2.75) is 50.3 Å². The van der Waals surface area contributed by atoms with Crippen LogP contribution in [0.3, 0.4) is 0 Å². The molecule has 3 aromatic rings. The SMILES string of the molecule is CC(=O)Nc1ccc(S(=O)(=O)N2CCC(c3ccn4nc(C)c(C(=O)N5CCCC5)c4c3)CC2)cc1. The summed E-state index contributed by atoms with van der Waals surface area (Å²) in [5.41, 5.74) is 3.88. The van der Waals surface area contributed by atoms with Crippen LogP contribution in [0.2, 0.25) is 0 Å². The van der Waals surface area contributed by atoms with E-state index in [1.807, 2.05) is 24.1 Å². The number of nitrogens with zero attached hydrogens (tertiary/aromatic N) is 4. The standard InChI is InChI=1S/C26H31N5O4S/c1-18-25(26(33)29-12-3-4-13-29)24-17-21(11-16-31(24)28-18)20-9-14-30(15-10-20)36(34,35)23-7-5-22(6-8-23)27-19(2)32/h5-8,11,16-17,20H,3-4,9-10,12-15H2,1-2H3,(H,27,32).